The zero-order chi connectivity index (χ0) is 12.9. The summed E-state index contributed by atoms with van der Waals surface area (Å²) >= 11 is 0. The highest BCUT2D eigenvalue weighted by molar-refractivity contribution is 4.86. The summed E-state index contributed by atoms with van der Waals surface area (Å²) < 4.78 is 0. The summed E-state index contributed by atoms with van der Waals surface area (Å²) in [5.74, 6) is 0. The van der Waals surface area contributed by atoms with Crippen LogP contribution in [0.4, 0.5) is 0 Å². The zero-order valence-corrected chi connectivity index (χ0v) is 12.7. The highest BCUT2D eigenvalue weighted by Crippen LogP contribution is 2.42. The molecule has 1 rings (SSSR count). The molecule has 0 bridgehead atoms. The lowest BCUT2D eigenvalue weighted by molar-refractivity contribution is 0.139. The van der Waals surface area contributed by atoms with Crippen molar-refractivity contribution in [3.63, 3.8) is 0 Å². The minimum Gasteiger partial charge on any atom is -0.314 e. The maximum atomic E-state index is 3.69. The Hall–Kier alpha value is -0.0400. The summed E-state index contributed by atoms with van der Waals surface area (Å²) in [5, 5.41) is 3.69. The Balaban J connectivity index is 2.52. The van der Waals surface area contributed by atoms with E-state index < -0.39 is 0 Å². The van der Waals surface area contributed by atoms with E-state index in [9.17, 15) is 0 Å². The molecule has 0 radical (unpaired) electrons. The van der Waals surface area contributed by atoms with E-state index in [1.165, 1.54) is 51.5 Å². The molecule has 1 aliphatic rings. The second-order valence-corrected chi connectivity index (χ2v) is 7.66. The van der Waals surface area contributed by atoms with Crippen LogP contribution in [0.15, 0.2) is 0 Å². The summed E-state index contributed by atoms with van der Waals surface area (Å²) in [5.41, 5.74) is 1.10. The fourth-order valence-corrected chi connectivity index (χ4v) is 2.88. The molecule has 1 aliphatic carbocycles. The summed E-state index contributed by atoms with van der Waals surface area (Å²) in [6.07, 6.45) is 10.0. The van der Waals surface area contributed by atoms with Crippen LogP contribution in [0.1, 0.15) is 79.6 Å². The van der Waals surface area contributed by atoms with Gasteiger partial charge in [-0.15, -0.1) is 0 Å². The van der Waals surface area contributed by atoms with E-state index in [0.717, 1.165) is 0 Å². The van der Waals surface area contributed by atoms with Crippen molar-refractivity contribution >= 4 is 0 Å². The third-order valence-electron chi connectivity index (χ3n) is 4.20. The van der Waals surface area contributed by atoms with E-state index in [0.29, 0.717) is 16.9 Å². The van der Waals surface area contributed by atoms with Crippen molar-refractivity contribution in [3.8, 4) is 0 Å². The molecule has 0 aromatic heterocycles. The molecule has 0 aromatic rings. The van der Waals surface area contributed by atoms with Crippen LogP contribution in [0.25, 0.3) is 0 Å². The van der Waals surface area contributed by atoms with Gasteiger partial charge in [-0.2, -0.15) is 0 Å². The predicted octanol–water partition coefficient (Wildman–Crippen LogP) is 4.76. The second kappa shape index (κ2) is 6.22. The van der Waals surface area contributed by atoms with Gasteiger partial charge < -0.3 is 5.32 Å². The van der Waals surface area contributed by atoms with Gasteiger partial charge in [0.25, 0.3) is 0 Å². The fourth-order valence-electron chi connectivity index (χ4n) is 2.88. The molecule has 0 amide bonds. The molecule has 1 nitrogen and oxygen atoms in total. The molecule has 0 spiro atoms. The Bertz CT molecular complexity index is 206. The minimum atomic E-state index is 0.488. The summed E-state index contributed by atoms with van der Waals surface area (Å²) in [7, 11) is 0. The van der Waals surface area contributed by atoms with E-state index in [4.69, 9.17) is 0 Å². The van der Waals surface area contributed by atoms with Crippen LogP contribution in [0.3, 0.4) is 0 Å². The van der Waals surface area contributed by atoms with Gasteiger partial charge >= 0.3 is 0 Å². The van der Waals surface area contributed by atoms with Gasteiger partial charge in [0.05, 0.1) is 0 Å². The number of nitrogens with one attached hydrogen (secondary N) is 1. The standard InChI is InChI=1S/C16H33N/c1-14(2)17-13-16(9-7-6-8-10-16)12-11-15(3,4)5/h14,17H,6-13H2,1-5H3. The lowest BCUT2D eigenvalue weighted by Crippen LogP contribution is -2.39. The Morgan fingerprint density at radius 3 is 2.12 bits per heavy atom. The van der Waals surface area contributed by atoms with E-state index in [-0.39, 0.29) is 0 Å². The average molecular weight is 239 g/mol. The first-order chi connectivity index (χ1) is 7.83. The summed E-state index contributed by atoms with van der Waals surface area (Å²) in [6.45, 7) is 12.9. The third-order valence-corrected chi connectivity index (χ3v) is 4.20. The maximum Gasteiger partial charge on any atom is 0.00106 e. The normalized spacial score (nSPS) is 20.8. The van der Waals surface area contributed by atoms with Crippen molar-refractivity contribution in [2.75, 3.05) is 6.54 Å². The maximum absolute atomic E-state index is 3.69. The first-order valence-corrected chi connectivity index (χ1v) is 7.56. The molecule has 0 heterocycles. The van der Waals surface area contributed by atoms with Gasteiger partial charge in [0.2, 0.25) is 0 Å². The van der Waals surface area contributed by atoms with Crippen LogP contribution in [-0.4, -0.2) is 12.6 Å². The molecule has 0 unspecified atom stereocenters. The van der Waals surface area contributed by atoms with E-state index >= 15 is 0 Å². The van der Waals surface area contributed by atoms with Gasteiger partial charge in [-0.25, -0.2) is 0 Å². The van der Waals surface area contributed by atoms with Crippen molar-refractivity contribution in [2.45, 2.75) is 85.6 Å². The average Bonchev–Trinajstić information content (AvgIpc) is 2.25. The monoisotopic (exact) mass is 239 g/mol. The SMILES string of the molecule is CC(C)NCC1(CCC(C)(C)C)CCCCC1. The zero-order valence-electron chi connectivity index (χ0n) is 12.7. The smallest absolute Gasteiger partial charge is 0.00106 e. The molecule has 0 saturated heterocycles. The van der Waals surface area contributed by atoms with Crippen LogP contribution >= 0.6 is 0 Å². The quantitative estimate of drug-likeness (QED) is 0.729. The van der Waals surface area contributed by atoms with E-state index in [2.05, 4.69) is 39.9 Å². The van der Waals surface area contributed by atoms with Crippen molar-refractivity contribution in [1.29, 1.82) is 0 Å². The highest BCUT2D eigenvalue weighted by atomic mass is 14.9. The van der Waals surface area contributed by atoms with Crippen molar-refractivity contribution in [1.82, 2.24) is 5.32 Å². The molecular formula is C16H33N. The van der Waals surface area contributed by atoms with Gasteiger partial charge in [-0.3, -0.25) is 0 Å². The molecule has 102 valence electrons. The van der Waals surface area contributed by atoms with Gasteiger partial charge in [0.15, 0.2) is 0 Å². The first kappa shape index (κ1) is 15.0. The van der Waals surface area contributed by atoms with Gasteiger partial charge in [-0.1, -0.05) is 53.9 Å². The lowest BCUT2D eigenvalue weighted by Gasteiger charge is -2.40. The van der Waals surface area contributed by atoms with Gasteiger partial charge in [0.1, 0.15) is 0 Å². The Labute approximate surface area is 109 Å². The molecule has 0 aliphatic heterocycles. The minimum absolute atomic E-state index is 0.488. The van der Waals surface area contributed by atoms with Gasteiger partial charge in [0, 0.05) is 12.6 Å². The molecular weight excluding hydrogens is 206 g/mol. The van der Waals surface area contributed by atoms with Crippen LogP contribution in [-0.2, 0) is 0 Å². The van der Waals surface area contributed by atoms with Crippen LogP contribution in [0.2, 0.25) is 0 Å². The van der Waals surface area contributed by atoms with Gasteiger partial charge in [-0.05, 0) is 36.5 Å². The second-order valence-electron chi connectivity index (χ2n) is 7.66. The summed E-state index contributed by atoms with van der Waals surface area (Å²) in [4.78, 5) is 0. The Morgan fingerprint density at radius 2 is 1.65 bits per heavy atom. The van der Waals surface area contributed by atoms with Crippen molar-refractivity contribution < 1.29 is 0 Å². The van der Waals surface area contributed by atoms with Crippen molar-refractivity contribution in [2.24, 2.45) is 10.8 Å². The number of rotatable bonds is 5. The van der Waals surface area contributed by atoms with Crippen LogP contribution in [0, 0.1) is 10.8 Å². The van der Waals surface area contributed by atoms with Crippen LogP contribution < -0.4 is 5.32 Å². The van der Waals surface area contributed by atoms with Crippen molar-refractivity contribution in [3.05, 3.63) is 0 Å². The first-order valence-electron chi connectivity index (χ1n) is 7.56. The largest absolute Gasteiger partial charge is 0.314 e. The highest BCUT2D eigenvalue weighted by Gasteiger charge is 2.32. The Morgan fingerprint density at radius 1 is 1.06 bits per heavy atom. The third kappa shape index (κ3) is 5.90. The molecule has 1 saturated carbocycles. The van der Waals surface area contributed by atoms with E-state index in [1.54, 1.807) is 0 Å². The lowest BCUT2D eigenvalue weighted by atomic mass is 9.68. The molecule has 0 aromatic carbocycles. The molecule has 1 heteroatoms. The molecule has 17 heavy (non-hydrogen) atoms. The number of hydrogen-bond donors (Lipinski definition) is 1. The van der Waals surface area contributed by atoms with E-state index in [1.807, 2.05) is 0 Å². The Kier molecular flexibility index (Phi) is 5.50. The molecule has 1 N–H and O–H groups in total. The fraction of sp³-hybridized carbons (Fsp3) is 1.00. The van der Waals surface area contributed by atoms with Crippen LogP contribution in [0.5, 0.6) is 0 Å². The predicted molar refractivity (Wildman–Crippen MR) is 77.3 cm³/mol. The topological polar surface area (TPSA) is 12.0 Å². The molecule has 1 fully saturated rings. The number of hydrogen-bond acceptors (Lipinski definition) is 1. The summed E-state index contributed by atoms with van der Waals surface area (Å²) in [6, 6.07) is 0.628. The molecule has 0 atom stereocenters.